The summed E-state index contributed by atoms with van der Waals surface area (Å²) in [6.07, 6.45) is 0. The molecule has 0 amide bonds. The molecule has 8 heterocycles. The summed E-state index contributed by atoms with van der Waals surface area (Å²) in [6, 6.07) is 160. The lowest BCUT2D eigenvalue weighted by Crippen LogP contribution is -2.01. The van der Waals surface area contributed by atoms with E-state index in [0.29, 0.717) is 34.9 Å². The summed E-state index contributed by atoms with van der Waals surface area (Å²) in [7, 11) is 0. The molecule has 0 aliphatic rings. The quantitative estimate of drug-likeness (QED) is 0.114. The Hall–Kier alpha value is -17.2. The molecule has 27 aromatic rings. The number of thiophene rings is 2. The van der Waals surface area contributed by atoms with Gasteiger partial charge in [0.05, 0.1) is 44.1 Å². The highest BCUT2D eigenvalue weighted by molar-refractivity contribution is 7.26. The van der Waals surface area contributed by atoms with Crippen molar-refractivity contribution in [1.29, 1.82) is 0 Å². The smallest absolute Gasteiger partial charge is 0.164 e. The third kappa shape index (κ3) is 12.9. The zero-order valence-electron chi connectivity index (χ0n) is 71.0. The lowest BCUT2D eigenvalue weighted by atomic mass is 10.0. The number of rotatable bonds is 13. The molecule has 616 valence electrons. The molecule has 10 nitrogen and oxygen atoms in total. The van der Waals surface area contributed by atoms with Crippen molar-refractivity contribution in [3.63, 3.8) is 0 Å². The van der Waals surface area contributed by atoms with Gasteiger partial charge >= 0.3 is 0 Å². The maximum Gasteiger partial charge on any atom is 0.164 e. The maximum absolute atomic E-state index is 5.05. The lowest BCUT2D eigenvalue weighted by Gasteiger charge is -2.12. The number of nitrogens with zero attached hydrogens (tertiary/aromatic N) is 10. The van der Waals surface area contributed by atoms with Crippen molar-refractivity contribution in [1.82, 2.24) is 48.2 Å². The number of fused-ring (bicyclic) bond motifs is 18. The molecule has 0 fully saturated rings. The average molecular weight is 1720 g/mol. The summed E-state index contributed by atoms with van der Waals surface area (Å²) in [5.41, 5.74) is 26.5. The van der Waals surface area contributed by atoms with Gasteiger partial charge in [-0.1, -0.05) is 322 Å². The average Bonchev–Trinajstić information content (AvgIpc) is 1.57. The topological polar surface area (TPSA) is 97.1 Å². The Morgan fingerprint density at radius 3 is 0.773 bits per heavy atom. The van der Waals surface area contributed by atoms with Crippen molar-refractivity contribution in [2.24, 2.45) is 0 Å². The van der Waals surface area contributed by atoms with Crippen LogP contribution in [0.25, 0.3) is 252 Å². The Bertz CT molecular complexity index is 9190. The Kier molecular flexibility index (Phi) is 18.1. The third-order valence-corrected chi connectivity index (χ3v) is 28.4. The van der Waals surface area contributed by atoms with Crippen molar-refractivity contribution in [2.75, 3.05) is 0 Å². The standard InChI is InChI=1S/C63H39N5S.C57H35N5S/c1-3-16-40(17-4-1)61-64-62(41-18-5-2-6-19-41)66-63(65-61)45-22-13-20-42(36-45)43-21-14-23-46(37-43)67-56-30-11-8-25-50(56)54-39-47(33-35-58(54)67)68-55-29-10-7-24-49(55)53-38-44(32-34-57(53)68)48-27-15-28-52-51-26-9-12-31-59(51)69-60(48)52;1-3-15-36(16-4-1)55-58-56(37-17-5-2-6-18-37)60-57(59-55)39-19-13-20-40(33-39)61-50-27-11-8-22-44(50)48-35-41(30-32-52(48)61)62-49-26-10-7-21-43(49)47-34-38(29-31-51(47)62)42-24-14-25-46-45-23-9-12-28-53(45)63-54(42)46/h1-39H;1-35H. The minimum Gasteiger partial charge on any atom is -0.309 e. The van der Waals surface area contributed by atoms with Crippen LogP contribution in [0, 0.1) is 0 Å². The molecule has 19 aromatic carbocycles. The zero-order chi connectivity index (χ0) is 86.9. The van der Waals surface area contributed by atoms with E-state index < -0.39 is 0 Å². The molecular formula is C120H74N10S2. The summed E-state index contributed by atoms with van der Waals surface area (Å²) in [5.74, 6) is 3.83. The monoisotopic (exact) mass is 1720 g/mol. The molecule has 8 aromatic heterocycles. The molecule has 0 N–H and O–H groups in total. The van der Waals surface area contributed by atoms with Gasteiger partial charge in [0.1, 0.15) is 0 Å². The predicted octanol–water partition coefficient (Wildman–Crippen LogP) is 31.9. The summed E-state index contributed by atoms with van der Waals surface area (Å²) in [5, 5.41) is 15.0. The fraction of sp³-hybridized carbons (Fsp3) is 0. The molecule has 0 saturated carbocycles. The van der Waals surface area contributed by atoms with Gasteiger partial charge in [-0.05, 0) is 161 Å². The highest BCUT2D eigenvalue weighted by atomic mass is 32.1. The minimum atomic E-state index is 0.627. The molecule has 0 saturated heterocycles. The first-order valence-corrected chi connectivity index (χ1v) is 46.1. The van der Waals surface area contributed by atoms with E-state index in [1.165, 1.54) is 128 Å². The first kappa shape index (κ1) is 76.1. The molecule has 0 bridgehead atoms. The van der Waals surface area contributed by atoms with Crippen LogP contribution in [0.2, 0.25) is 0 Å². The van der Waals surface area contributed by atoms with E-state index in [-0.39, 0.29) is 0 Å². The molecule has 27 rings (SSSR count). The summed E-state index contributed by atoms with van der Waals surface area (Å²) < 4.78 is 14.9. The predicted molar refractivity (Wildman–Crippen MR) is 552 cm³/mol. The highest BCUT2D eigenvalue weighted by Gasteiger charge is 2.25. The second-order valence-electron chi connectivity index (χ2n) is 33.6. The molecule has 0 aliphatic heterocycles. The fourth-order valence-electron chi connectivity index (χ4n) is 19.9. The normalized spacial score (nSPS) is 11.8. The Morgan fingerprint density at radius 1 is 0.144 bits per heavy atom. The van der Waals surface area contributed by atoms with E-state index in [2.05, 4.69) is 346 Å². The summed E-state index contributed by atoms with van der Waals surface area (Å²) in [4.78, 5) is 30.0. The second-order valence-corrected chi connectivity index (χ2v) is 35.7. The lowest BCUT2D eigenvalue weighted by molar-refractivity contribution is 1.07. The minimum absolute atomic E-state index is 0.627. The van der Waals surface area contributed by atoms with Gasteiger partial charge in [-0.3, -0.25) is 0 Å². The number of hydrogen-bond acceptors (Lipinski definition) is 8. The largest absolute Gasteiger partial charge is 0.309 e. The third-order valence-electron chi connectivity index (χ3n) is 25.9. The van der Waals surface area contributed by atoms with Crippen LogP contribution in [0.4, 0.5) is 0 Å². The first-order valence-electron chi connectivity index (χ1n) is 44.4. The van der Waals surface area contributed by atoms with E-state index in [9.17, 15) is 0 Å². The molecule has 132 heavy (non-hydrogen) atoms. The number of aromatic nitrogens is 10. The van der Waals surface area contributed by atoms with Crippen molar-refractivity contribution in [3.05, 3.63) is 449 Å². The van der Waals surface area contributed by atoms with Gasteiger partial charge in [-0.2, -0.15) is 0 Å². The van der Waals surface area contributed by atoms with Crippen molar-refractivity contribution < 1.29 is 0 Å². The zero-order valence-corrected chi connectivity index (χ0v) is 72.6. The van der Waals surface area contributed by atoms with Crippen molar-refractivity contribution >= 4 is 150 Å². The molecule has 0 radical (unpaired) electrons. The van der Waals surface area contributed by atoms with Gasteiger partial charge in [-0.25, -0.2) is 29.9 Å². The van der Waals surface area contributed by atoms with Crippen LogP contribution in [-0.2, 0) is 0 Å². The van der Waals surface area contributed by atoms with Gasteiger partial charge in [-0.15, -0.1) is 22.7 Å². The maximum atomic E-state index is 5.05. The molecule has 0 spiro atoms. The van der Waals surface area contributed by atoms with Crippen molar-refractivity contribution in [3.8, 4) is 124 Å². The van der Waals surface area contributed by atoms with Gasteiger partial charge in [0.2, 0.25) is 0 Å². The van der Waals surface area contributed by atoms with E-state index in [0.717, 1.165) is 89.3 Å². The molecule has 12 heteroatoms. The molecule has 0 atom stereocenters. The number of benzene rings is 19. The highest BCUT2D eigenvalue weighted by Crippen LogP contribution is 2.47. The van der Waals surface area contributed by atoms with Gasteiger partial charge in [0.25, 0.3) is 0 Å². The van der Waals surface area contributed by atoms with Crippen LogP contribution in [0.1, 0.15) is 0 Å². The van der Waals surface area contributed by atoms with Crippen LogP contribution in [-0.4, -0.2) is 48.2 Å². The van der Waals surface area contributed by atoms with Gasteiger partial charge < -0.3 is 18.3 Å². The SMILES string of the molecule is c1ccc(-c2nc(-c3ccccc3)nc(-c3cccc(-c4cccc(-n5c6ccccc6c6cc(-n7c8ccccc8c8cc(-c9cccc%10c9sc9ccccc9%10)ccc87)ccc65)c4)c3)n2)cc1.c1ccc(-c2nc(-c3ccccc3)nc(-c3cccc(-n4c5ccccc5c5cc(-n6c7ccccc7c7cc(-c8cccc9c8sc8ccccc89)ccc76)ccc54)c3)n2)cc1. The van der Waals surface area contributed by atoms with Gasteiger partial charge in [0, 0.05) is 140 Å². The summed E-state index contributed by atoms with van der Waals surface area (Å²) in [6.45, 7) is 0. The van der Waals surface area contributed by atoms with Crippen molar-refractivity contribution in [2.45, 2.75) is 0 Å². The second kappa shape index (κ2) is 31.4. The fourth-order valence-corrected chi connectivity index (χ4v) is 22.3. The van der Waals surface area contributed by atoms with Crippen LogP contribution >= 0.6 is 22.7 Å². The number of para-hydroxylation sites is 4. The van der Waals surface area contributed by atoms with Crippen LogP contribution in [0.3, 0.4) is 0 Å². The molecule has 0 unspecified atom stereocenters. The molecule has 0 aliphatic carbocycles. The Labute approximate surface area is 766 Å². The first-order chi connectivity index (χ1) is 65.4. The van der Waals surface area contributed by atoms with E-state index >= 15 is 0 Å². The summed E-state index contributed by atoms with van der Waals surface area (Å²) >= 11 is 3.76. The Balaban J connectivity index is 0.000000139. The Morgan fingerprint density at radius 2 is 0.394 bits per heavy atom. The van der Waals surface area contributed by atoms with Crippen LogP contribution < -0.4 is 0 Å². The van der Waals surface area contributed by atoms with E-state index in [1.807, 2.05) is 144 Å². The van der Waals surface area contributed by atoms with Crippen LogP contribution in [0.15, 0.2) is 449 Å². The van der Waals surface area contributed by atoms with Gasteiger partial charge in [0.15, 0.2) is 34.9 Å². The van der Waals surface area contributed by atoms with E-state index in [4.69, 9.17) is 29.9 Å². The van der Waals surface area contributed by atoms with Crippen LogP contribution in [0.5, 0.6) is 0 Å². The number of hydrogen-bond donors (Lipinski definition) is 0. The van der Waals surface area contributed by atoms with E-state index in [1.54, 1.807) is 0 Å². The molecular weight excluding hydrogens is 1650 g/mol.